The molecule has 3 atom stereocenters. The molecule has 0 saturated carbocycles. The summed E-state index contributed by atoms with van der Waals surface area (Å²) in [5.74, 6) is -0.753. The van der Waals surface area contributed by atoms with Crippen LogP contribution >= 0.6 is 15.9 Å². The van der Waals surface area contributed by atoms with Crippen LogP contribution in [0, 0.1) is 0 Å². The van der Waals surface area contributed by atoms with Crippen LogP contribution in [-0.2, 0) is 19.1 Å². The summed E-state index contributed by atoms with van der Waals surface area (Å²) in [5.41, 5.74) is 2.71. The van der Waals surface area contributed by atoms with Gasteiger partial charge in [0.1, 0.15) is 5.60 Å². The SMILES string of the molecule is CC(C)(C)OC(=O)Nc1ccccc1NC(=O)/C=C/c1ccc(C(CCN2C[C@H]3C[C@@H]2CO3)C(=O)Nc2ccc(Br)cc2)cc1. The highest BCUT2D eigenvalue weighted by Gasteiger charge is 2.39. The second-order valence-corrected chi connectivity index (χ2v) is 13.3. The van der Waals surface area contributed by atoms with Crippen molar-refractivity contribution in [3.8, 4) is 0 Å². The predicted molar refractivity (Wildman–Crippen MR) is 180 cm³/mol. The number of carbonyl (C=O) groups excluding carboxylic acids is 3. The minimum atomic E-state index is -0.646. The number of benzene rings is 3. The lowest BCUT2D eigenvalue weighted by molar-refractivity contribution is -0.118. The van der Waals surface area contributed by atoms with Crippen molar-refractivity contribution in [2.45, 2.75) is 57.3 Å². The standard InChI is InChI=1S/C35H39BrN4O5/c1-35(2,3)45-34(43)39-31-7-5-4-6-30(31)38-32(41)17-10-23-8-11-24(12-9-23)29(18-19-40-21-28-20-27(40)22-44-28)33(42)37-26-15-13-25(36)14-16-26/h4-17,27-29H,18-22H2,1-3H3,(H,37,42)(H,38,41)(H,39,43)/b17-10+/t27-,28-,29?/m1/s1. The predicted octanol–water partition coefficient (Wildman–Crippen LogP) is 7.03. The van der Waals surface area contributed by atoms with E-state index in [9.17, 15) is 14.4 Å². The molecule has 3 aromatic rings. The van der Waals surface area contributed by atoms with Gasteiger partial charge in [-0.05, 0) is 93.8 Å². The molecule has 45 heavy (non-hydrogen) atoms. The molecule has 0 aliphatic carbocycles. The molecular formula is C35H39BrN4O5. The number of halogens is 1. The first-order chi connectivity index (χ1) is 21.5. The molecule has 3 aromatic carbocycles. The Morgan fingerprint density at radius 3 is 2.29 bits per heavy atom. The fourth-order valence-electron chi connectivity index (χ4n) is 5.56. The first kappa shape index (κ1) is 32.4. The molecule has 2 heterocycles. The van der Waals surface area contributed by atoms with E-state index in [-0.39, 0.29) is 17.7 Å². The fraction of sp³-hybridized carbons (Fsp3) is 0.343. The van der Waals surface area contributed by atoms with Gasteiger partial charge in [-0.2, -0.15) is 0 Å². The van der Waals surface area contributed by atoms with Gasteiger partial charge in [-0.25, -0.2) is 4.79 Å². The molecule has 3 amide bonds. The number of morpholine rings is 1. The molecule has 2 fully saturated rings. The number of carbonyl (C=O) groups is 3. The lowest BCUT2D eigenvalue weighted by Gasteiger charge is -2.28. The van der Waals surface area contributed by atoms with Crippen LogP contribution in [0.5, 0.6) is 0 Å². The van der Waals surface area contributed by atoms with Crippen LogP contribution in [0.2, 0.25) is 0 Å². The van der Waals surface area contributed by atoms with Crippen molar-refractivity contribution in [1.82, 2.24) is 4.90 Å². The molecule has 9 nitrogen and oxygen atoms in total. The molecule has 2 aliphatic rings. The molecule has 0 spiro atoms. The van der Waals surface area contributed by atoms with Crippen LogP contribution in [0.1, 0.15) is 50.7 Å². The molecule has 0 aromatic heterocycles. The smallest absolute Gasteiger partial charge is 0.412 e. The van der Waals surface area contributed by atoms with Crippen molar-refractivity contribution in [2.75, 3.05) is 35.6 Å². The molecular weight excluding hydrogens is 636 g/mol. The number of hydrogen-bond donors (Lipinski definition) is 3. The highest BCUT2D eigenvalue weighted by Crippen LogP contribution is 2.30. The van der Waals surface area contributed by atoms with Gasteiger partial charge in [-0.15, -0.1) is 0 Å². The van der Waals surface area contributed by atoms with Gasteiger partial charge < -0.3 is 20.1 Å². The van der Waals surface area contributed by atoms with E-state index in [0.29, 0.717) is 29.9 Å². The first-order valence-corrected chi connectivity index (χ1v) is 15.9. The van der Waals surface area contributed by atoms with Crippen LogP contribution in [0.4, 0.5) is 21.9 Å². The Balaban J connectivity index is 1.23. The van der Waals surface area contributed by atoms with Gasteiger partial charge in [-0.1, -0.05) is 52.3 Å². The largest absolute Gasteiger partial charge is 0.444 e. The van der Waals surface area contributed by atoms with Gasteiger partial charge in [0.15, 0.2) is 0 Å². The second-order valence-electron chi connectivity index (χ2n) is 12.3. The summed E-state index contributed by atoms with van der Waals surface area (Å²) >= 11 is 3.44. The van der Waals surface area contributed by atoms with Gasteiger partial charge in [0, 0.05) is 28.8 Å². The molecule has 2 bridgehead atoms. The number of rotatable bonds is 10. The second kappa shape index (κ2) is 14.4. The number of hydrogen-bond acceptors (Lipinski definition) is 6. The zero-order valence-corrected chi connectivity index (χ0v) is 27.3. The molecule has 1 unspecified atom stereocenters. The van der Waals surface area contributed by atoms with Crippen molar-refractivity contribution in [1.29, 1.82) is 0 Å². The molecule has 10 heteroatoms. The normalized spacial score (nSPS) is 18.5. The lowest BCUT2D eigenvalue weighted by atomic mass is 9.93. The summed E-state index contributed by atoms with van der Waals surface area (Å²) < 4.78 is 12.0. The summed E-state index contributed by atoms with van der Waals surface area (Å²) in [6.45, 7) is 7.84. The first-order valence-electron chi connectivity index (χ1n) is 15.1. The van der Waals surface area contributed by atoms with E-state index >= 15 is 0 Å². The van der Waals surface area contributed by atoms with Crippen LogP contribution in [0.3, 0.4) is 0 Å². The molecule has 236 valence electrons. The van der Waals surface area contributed by atoms with Crippen LogP contribution in [0.25, 0.3) is 6.08 Å². The average Bonchev–Trinajstić information content (AvgIpc) is 3.62. The molecule has 3 N–H and O–H groups in total. The average molecular weight is 676 g/mol. The summed E-state index contributed by atoms with van der Waals surface area (Å²) in [6, 6.07) is 22.6. The number of ether oxygens (including phenoxy) is 2. The van der Waals surface area contributed by atoms with E-state index in [1.54, 1.807) is 51.1 Å². The van der Waals surface area contributed by atoms with Crippen LogP contribution in [-0.4, -0.2) is 60.3 Å². The van der Waals surface area contributed by atoms with E-state index in [4.69, 9.17) is 9.47 Å². The van der Waals surface area contributed by atoms with Crippen molar-refractivity contribution in [3.63, 3.8) is 0 Å². The zero-order valence-electron chi connectivity index (χ0n) is 25.7. The minimum Gasteiger partial charge on any atom is -0.444 e. The summed E-state index contributed by atoms with van der Waals surface area (Å²) in [5, 5.41) is 8.57. The third kappa shape index (κ3) is 9.26. The number of anilines is 3. The number of amides is 3. The maximum absolute atomic E-state index is 13.5. The Morgan fingerprint density at radius 1 is 0.978 bits per heavy atom. The number of para-hydroxylation sites is 2. The third-order valence-electron chi connectivity index (χ3n) is 7.73. The number of likely N-dealkylation sites (tertiary alicyclic amines) is 1. The summed E-state index contributed by atoms with van der Waals surface area (Å²) in [4.78, 5) is 41.0. The van der Waals surface area contributed by atoms with Crippen LogP contribution in [0.15, 0.2) is 83.3 Å². The molecule has 2 saturated heterocycles. The van der Waals surface area contributed by atoms with E-state index < -0.39 is 11.7 Å². The number of nitrogens with zero attached hydrogens (tertiary/aromatic N) is 1. The number of nitrogens with one attached hydrogen (secondary N) is 3. The lowest BCUT2D eigenvalue weighted by Crippen LogP contribution is -2.38. The Bertz CT molecular complexity index is 1530. The highest BCUT2D eigenvalue weighted by molar-refractivity contribution is 9.10. The Labute approximate surface area is 272 Å². The van der Waals surface area contributed by atoms with Gasteiger partial charge in [-0.3, -0.25) is 19.8 Å². The molecule has 0 radical (unpaired) electrons. The van der Waals surface area contributed by atoms with Gasteiger partial charge >= 0.3 is 6.09 Å². The Morgan fingerprint density at radius 2 is 1.67 bits per heavy atom. The zero-order chi connectivity index (χ0) is 32.0. The maximum atomic E-state index is 13.5. The highest BCUT2D eigenvalue weighted by atomic mass is 79.9. The monoisotopic (exact) mass is 674 g/mol. The summed E-state index contributed by atoms with van der Waals surface area (Å²) in [7, 11) is 0. The van der Waals surface area contributed by atoms with E-state index in [1.165, 1.54) is 6.08 Å². The van der Waals surface area contributed by atoms with Crippen molar-refractivity contribution < 1.29 is 23.9 Å². The third-order valence-corrected chi connectivity index (χ3v) is 8.26. The van der Waals surface area contributed by atoms with Crippen molar-refractivity contribution in [3.05, 3.63) is 94.5 Å². The summed E-state index contributed by atoms with van der Waals surface area (Å²) in [6.07, 6.45) is 4.59. The molecule has 2 aliphatic heterocycles. The van der Waals surface area contributed by atoms with Crippen molar-refractivity contribution >= 4 is 57.0 Å². The topological polar surface area (TPSA) is 109 Å². The Kier molecular flexibility index (Phi) is 10.4. The van der Waals surface area contributed by atoms with E-state index in [0.717, 1.165) is 47.4 Å². The molecule has 5 rings (SSSR count). The van der Waals surface area contributed by atoms with Gasteiger partial charge in [0.2, 0.25) is 11.8 Å². The van der Waals surface area contributed by atoms with Crippen molar-refractivity contribution in [2.24, 2.45) is 0 Å². The van der Waals surface area contributed by atoms with Crippen LogP contribution < -0.4 is 16.0 Å². The number of fused-ring (bicyclic) bond motifs is 2. The van der Waals surface area contributed by atoms with E-state index in [2.05, 4.69) is 36.8 Å². The quantitative estimate of drug-likeness (QED) is 0.199. The van der Waals surface area contributed by atoms with Gasteiger partial charge in [0.25, 0.3) is 0 Å². The van der Waals surface area contributed by atoms with Gasteiger partial charge in [0.05, 0.1) is 30.0 Å². The maximum Gasteiger partial charge on any atom is 0.412 e. The fourth-order valence-corrected chi connectivity index (χ4v) is 5.82. The Hall–Kier alpha value is -3.99. The minimum absolute atomic E-state index is 0.0562. The van der Waals surface area contributed by atoms with E-state index in [1.807, 2.05) is 48.5 Å².